The summed E-state index contributed by atoms with van der Waals surface area (Å²) in [5, 5.41) is 14.0. The van der Waals surface area contributed by atoms with Gasteiger partial charge in [0.1, 0.15) is 5.69 Å². The van der Waals surface area contributed by atoms with Gasteiger partial charge in [0.15, 0.2) is 0 Å². The van der Waals surface area contributed by atoms with Crippen molar-refractivity contribution in [2.75, 3.05) is 11.1 Å². The van der Waals surface area contributed by atoms with Crippen LogP contribution in [0.3, 0.4) is 0 Å². The van der Waals surface area contributed by atoms with Crippen LogP contribution in [0.5, 0.6) is 0 Å². The third-order valence-electron chi connectivity index (χ3n) is 2.43. The Morgan fingerprint density at radius 3 is 2.72 bits per heavy atom. The molecule has 8 heteroatoms. The van der Waals surface area contributed by atoms with E-state index in [2.05, 4.69) is 20.6 Å². The van der Waals surface area contributed by atoms with Gasteiger partial charge >= 0.3 is 6.01 Å². The molecule has 0 saturated heterocycles. The number of nitrogens with two attached hydrogens (primary N) is 1. The van der Waals surface area contributed by atoms with Crippen LogP contribution >= 0.6 is 0 Å². The first kappa shape index (κ1) is 12.1. The molecule has 96 valence electrons. The normalized spacial score (nSPS) is 10.6. The molecule has 8 nitrogen and oxygen atoms in total. The third kappa shape index (κ3) is 2.04. The van der Waals surface area contributed by atoms with Gasteiger partial charge in [0, 0.05) is 13.5 Å². The number of aromatic nitrogens is 4. The fraction of sp³-hybridized carbons (Fsp3) is 0.400. The molecule has 0 atom stereocenters. The van der Waals surface area contributed by atoms with E-state index in [1.807, 2.05) is 6.92 Å². The fourth-order valence-corrected chi connectivity index (χ4v) is 1.57. The van der Waals surface area contributed by atoms with E-state index in [-0.39, 0.29) is 6.01 Å². The molecule has 0 aliphatic rings. The van der Waals surface area contributed by atoms with E-state index >= 15 is 0 Å². The number of nitrogens with one attached hydrogen (secondary N) is 1. The highest BCUT2D eigenvalue weighted by molar-refractivity contribution is 6.05. The number of nitrogen functional groups attached to an aromatic ring is 1. The summed E-state index contributed by atoms with van der Waals surface area (Å²) in [7, 11) is 0. The highest BCUT2D eigenvalue weighted by Gasteiger charge is 2.20. The molecule has 0 aromatic carbocycles. The Hall–Kier alpha value is -2.38. The van der Waals surface area contributed by atoms with E-state index < -0.39 is 5.91 Å². The van der Waals surface area contributed by atoms with Gasteiger partial charge in [-0.1, -0.05) is 5.10 Å². The van der Waals surface area contributed by atoms with Gasteiger partial charge in [0.05, 0.1) is 11.4 Å². The summed E-state index contributed by atoms with van der Waals surface area (Å²) < 4.78 is 6.60. The predicted molar refractivity (Wildman–Crippen MR) is 64.0 cm³/mol. The van der Waals surface area contributed by atoms with Crippen LogP contribution in [0.1, 0.15) is 29.0 Å². The van der Waals surface area contributed by atoms with Gasteiger partial charge in [-0.3, -0.25) is 14.8 Å². The van der Waals surface area contributed by atoms with Gasteiger partial charge in [-0.2, -0.15) is 5.10 Å². The highest BCUT2D eigenvalue weighted by Crippen LogP contribution is 2.17. The maximum absolute atomic E-state index is 12.1. The molecule has 3 N–H and O–H groups in total. The lowest BCUT2D eigenvalue weighted by molar-refractivity contribution is 0.101. The molecule has 0 aliphatic carbocycles. The topological polar surface area (TPSA) is 112 Å². The maximum Gasteiger partial charge on any atom is 0.322 e. The quantitative estimate of drug-likeness (QED) is 0.830. The van der Waals surface area contributed by atoms with Crippen molar-refractivity contribution in [1.29, 1.82) is 0 Å². The van der Waals surface area contributed by atoms with Gasteiger partial charge < -0.3 is 10.2 Å². The van der Waals surface area contributed by atoms with E-state index in [1.165, 1.54) is 4.68 Å². The first-order valence-electron chi connectivity index (χ1n) is 5.47. The predicted octanol–water partition coefficient (Wildman–Crippen LogP) is 0.737. The molecule has 2 rings (SSSR count). The zero-order chi connectivity index (χ0) is 13.3. The van der Waals surface area contributed by atoms with Crippen LogP contribution in [0.15, 0.2) is 4.42 Å². The van der Waals surface area contributed by atoms with E-state index in [0.29, 0.717) is 29.5 Å². The summed E-state index contributed by atoms with van der Waals surface area (Å²) in [6.45, 7) is 5.80. The van der Waals surface area contributed by atoms with Gasteiger partial charge in [-0.15, -0.1) is 5.10 Å². The van der Waals surface area contributed by atoms with Crippen LogP contribution in [-0.2, 0) is 6.54 Å². The lowest BCUT2D eigenvalue weighted by Crippen LogP contribution is -2.19. The summed E-state index contributed by atoms with van der Waals surface area (Å²) >= 11 is 0. The van der Waals surface area contributed by atoms with Crippen molar-refractivity contribution in [3.8, 4) is 0 Å². The molecule has 0 spiro atoms. The minimum atomic E-state index is -0.418. The Morgan fingerprint density at radius 2 is 2.17 bits per heavy atom. The van der Waals surface area contributed by atoms with Gasteiger partial charge in [0.25, 0.3) is 5.91 Å². The average molecular weight is 250 g/mol. The summed E-state index contributed by atoms with van der Waals surface area (Å²) in [5.74, 6) is -0.0444. The largest absolute Gasteiger partial charge is 0.408 e. The van der Waals surface area contributed by atoms with E-state index in [9.17, 15) is 4.79 Å². The molecular weight excluding hydrogens is 236 g/mol. The van der Waals surface area contributed by atoms with Crippen molar-refractivity contribution in [3.05, 3.63) is 17.3 Å². The Kier molecular flexibility index (Phi) is 3.00. The third-order valence-corrected chi connectivity index (χ3v) is 2.43. The molecule has 0 bridgehead atoms. The Labute approximate surface area is 103 Å². The van der Waals surface area contributed by atoms with Crippen LogP contribution in [-0.4, -0.2) is 25.9 Å². The maximum atomic E-state index is 12.1. The molecular formula is C10H14N6O2. The molecule has 2 aromatic rings. The molecule has 0 fully saturated rings. The number of aryl methyl sites for hydroxylation is 3. The Balaban J connectivity index is 2.28. The highest BCUT2D eigenvalue weighted by atomic mass is 16.4. The van der Waals surface area contributed by atoms with Crippen LogP contribution in [0.2, 0.25) is 0 Å². The second-order valence-corrected chi connectivity index (χ2v) is 3.74. The van der Waals surface area contributed by atoms with Crippen molar-refractivity contribution in [3.63, 3.8) is 0 Å². The van der Waals surface area contributed by atoms with Crippen LogP contribution in [0.4, 0.5) is 11.7 Å². The summed E-state index contributed by atoms with van der Waals surface area (Å²) in [6.07, 6.45) is 0. The fourth-order valence-electron chi connectivity index (χ4n) is 1.57. The monoisotopic (exact) mass is 250 g/mol. The Bertz CT molecular complexity index is 585. The number of nitrogens with zero attached hydrogens (tertiary/aromatic N) is 4. The summed E-state index contributed by atoms with van der Waals surface area (Å²) in [4.78, 5) is 12.1. The minimum absolute atomic E-state index is 0.0402. The molecule has 0 aliphatic heterocycles. The minimum Gasteiger partial charge on any atom is -0.408 e. The van der Waals surface area contributed by atoms with Gasteiger partial charge in [-0.05, 0) is 13.8 Å². The summed E-state index contributed by atoms with van der Waals surface area (Å²) in [5.41, 5.74) is 7.09. The molecule has 2 heterocycles. The molecule has 18 heavy (non-hydrogen) atoms. The van der Waals surface area contributed by atoms with Crippen molar-refractivity contribution in [2.45, 2.75) is 27.3 Å². The smallest absolute Gasteiger partial charge is 0.322 e. The first-order chi connectivity index (χ1) is 8.52. The van der Waals surface area contributed by atoms with Gasteiger partial charge in [-0.25, -0.2) is 0 Å². The molecule has 0 radical (unpaired) electrons. The van der Waals surface area contributed by atoms with E-state index in [1.54, 1.807) is 13.8 Å². The number of carbonyl (C=O) groups is 1. The van der Waals surface area contributed by atoms with Crippen LogP contribution in [0, 0.1) is 13.8 Å². The SMILES string of the molecule is CCn1nc(C)c(N)c1C(=O)Nc1nnc(C)o1. The zero-order valence-corrected chi connectivity index (χ0v) is 10.4. The van der Waals surface area contributed by atoms with Crippen LogP contribution in [0.25, 0.3) is 0 Å². The van der Waals surface area contributed by atoms with Crippen molar-refractivity contribution in [2.24, 2.45) is 0 Å². The summed E-state index contributed by atoms with van der Waals surface area (Å²) in [6, 6.07) is 0.0402. The molecule has 0 saturated carbocycles. The molecule has 1 amide bonds. The lowest BCUT2D eigenvalue weighted by Gasteiger charge is -2.04. The van der Waals surface area contributed by atoms with Crippen molar-refractivity contribution in [1.82, 2.24) is 20.0 Å². The van der Waals surface area contributed by atoms with Gasteiger partial charge in [0.2, 0.25) is 5.89 Å². The Morgan fingerprint density at radius 1 is 1.44 bits per heavy atom. The number of rotatable bonds is 3. The lowest BCUT2D eigenvalue weighted by atomic mass is 10.3. The van der Waals surface area contributed by atoms with E-state index in [0.717, 1.165) is 0 Å². The standard InChI is InChI=1S/C10H14N6O2/c1-4-16-8(7(11)5(2)15-16)9(17)12-10-14-13-6(3)18-10/h4,11H2,1-3H3,(H,12,14,17). The number of carbonyl (C=O) groups excluding carboxylic acids is 1. The van der Waals surface area contributed by atoms with Crippen molar-refractivity contribution >= 4 is 17.6 Å². The number of amides is 1. The average Bonchev–Trinajstić information content (AvgIpc) is 2.84. The molecule has 0 unspecified atom stereocenters. The number of hydrogen-bond acceptors (Lipinski definition) is 6. The first-order valence-corrected chi connectivity index (χ1v) is 5.47. The number of anilines is 2. The second kappa shape index (κ2) is 4.47. The zero-order valence-electron chi connectivity index (χ0n) is 10.4. The van der Waals surface area contributed by atoms with E-state index in [4.69, 9.17) is 10.2 Å². The number of hydrogen-bond donors (Lipinski definition) is 2. The van der Waals surface area contributed by atoms with Crippen LogP contribution < -0.4 is 11.1 Å². The second-order valence-electron chi connectivity index (χ2n) is 3.74. The molecule has 2 aromatic heterocycles. The van der Waals surface area contributed by atoms with Crippen molar-refractivity contribution < 1.29 is 9.21 Å².